The van der Waals surface area contributed by atoms with Crippen molar-refractivity contribution in [1.82, 2.24) is 0 Å². The minimum Gasteiger partial charge on any atom is -0.484 e. The first-order chi connectivity index (χ1) is 15.2. The number of amides is 1. The molecule has 2 N–H and O–H groups in total. The van der Waals surface area contributed by atoms with Gasteiger partial charge in [0.05, 0.1) is 17.4 Å². The number of anilines is 2. The van der Waals surface area contributed by atoms with Crippen molar-refractivity contribution in [3.8, 4) is 11.8 Å². The van der Waals surface area contributed by atoms with Crippen molar-refractivity contribution in [2.75, 3.05) is 16.6 Å². The molecule has 3 aromatic rings. The third-order valence-electron chi connectivity index (χ3n) is 4.50. The summed E-state index contributed by atoms with van der Waals surface area (Å²) in [5.41, 5.74) is 3.88. The molecule has 0 spiro atoms. The summed E-state index contributed by atoms with van der Waals surface area (Å²) in [6.45, 7) is 3.57. The molecule has 1 amide bonds. The molecule has 7 nitrogen and oxygen atoms in total. The van der Waals surface area contributed by atoms with E-state index in [2.05, 4.69) is 16.1 Å². The van der Waals surface area contributed by atoms with Gasteiger partial charge in [0.25, 0.3) is 15.9 Å². The van der Waals surface area contributed by atoms with Gasteiger partial charge in [-0.2, -0.15) is 5.26 Å². The number of hydrogen-bond acceptors (Lipinski definition) is 5. The fourth-order valence-electron chi connectivity index (χ4n) is 3.11. The maximum Gasteiger partial charge on any atom is 0.262 e. The molecule has 32 heavy (non-hydrogen) atoms. The van der Waals surface area contributed by atoms with Crippen LogP contribution in [0, 0.1) is 25.2 Å². The van der Waals surface area contributed by atoms with E-state index in [9.17, 15) is 13.2 Å². The number of rotatable bonds is 8. The fraction of sp³-hybridized carbons (Fsp3) is 0.167. The van der Waals surface area contributed by atoms with Crippen molar-refractivity contribution in [2.24, 2.45) is 0 Å². The molecule has 0 radical (unpaired) electrons. The molecule has 0 saturated carbocycles. The third kappa shape index (κ3) is 6.33. The monoisotopic (exact) mass is 449 g/mol. The molecule has 0 fully saturated rings. The molecular formula is C24H23N3O4S. The van der Waals surface area contributed by atoms with Crippen molar-refractivity contribution >= 4 is 27.3 Å². The standard InChI is InChI=1S/C24H23N3O4S/c1-17-13-18(2)15-21(14-17)27-32(29,30)23-9-7-22(8-10-23)31-16-24(28)26-20-5-3-19(4-6-20)11-12-25/h3-10,13-15,27H,11,16H2,1-2H3,(H,26,28). The van der Waals surface area contributed by atoms with Gasteiger partial charge in [-0.05, 0) is 79.1 Å². The molecule has 3 rings (SSSR count). The molecule has 0 bridgehead atoms. The highest BCUT2D eigenvalue weighted by Gasteiger charge is 2.15. The highest BCUT2D eigenvalue weighted by molar-refractivity contribution is 7.92. The fourth-order valence-corrected chi connectivity index (χ4v) is 4.15. The van der Waals surface area contributed by atoms with Crippen molar-refractivity contribution in [2.45, 2.75) is 25.2 Å². The lowest BCUT2D eigenvalue weighted by molar-refractivity contribution is -0.118. The Labute approximate surface area is 187 Å². The van der Waals surface area contributed by atoms with Crippen LogP contribution in [-0.2, 0) is 21.2 Å². The Balaban J connectivity index is 1.56. The van der Waals surface area contributed by atoms with Crippen LogP contribution in [0.15, 0.2) is 71.6 Å². The first kappa shape index (κ1) is 22.8. The van der Waals surface area contributed by atoms with Crippen molar-refractivity contribution in [3.05, 3.63) is 83.4 Å². The zero-order chi connectivity index (χ0) is 23.1. The second kappa shape index (κ2) is 9.98. The number of carbonyl (C=O) groups is 1. The molecule has 0 atom stereocenters. The number of carbonyl (C=O) groups excluding carboxylic acids is 1. The van der Waals surface area contributed by atoms with Gasteiger partial charge in [-0.3, -0.25) is 9.52 Å². The van der Waals surface area contributed by atoms with E-state index in [-0.39, 0.29) is 17.4 Å². The Hall–Kier alpha value is -3.83. The Kier molecular flexibility index (Phi) is 7.13. The van der Waals surface area contributed by atoms with Gasteiger partial charge in [-0.15, -0.1) is 0 Å². The van der Waals surface area contributed by atoms with Crippen LogP contribution in [0.2, 0.25) is 0 Å². The van der Waals surface area contributed by atoms with E-state index in [0.29, 0.717) is 23.5 Å². The van der Waals surface area contributed by atoms with E-state index in [1.165, 1.54) is 24.3 Å². The van der Waals surface area contributed by atoms with E-state index >= 15 is 0 Å². The molecule has 0 aliphatic rings. The first-order valence-corrected chi connectivity index (χ1v) is 11.3. The minimum atomic E-state index is -3.75. The predicted octanol–water partition coefficient (Wildman–Crippen LogP) is 4.19. The highest BCUT2D eigenvalue weighted by Crippen LogP contribution is 2.21. The maximum atomic E-state index is 12.6. The number of hydrogen-bond donors (Lipinski definition) is 2. The van der Waals surface area contributed by atoms with E-state index in [4.69, 9.17) is 10.00 Å². The molecule has 0 aromatic heterocycles. The first-order valence-electron chi connectivity index (χ1n) is 9.85. The lowest BCUT2D eigenvalue weighted by Crippen LogP contribution is -2.20. The largest absolute Gasteiger partial charge is 0.484 e. The summed E-state index contributed by atoms with van der Waals surface area (Å²) >= 11 is 0. The smallest absolute Gasteiger partial charge is 0.262 e. The average molecular weight is 450 g/mol. The number of nitriles is 1. The predicted molar refractivity (Wildman–Crippen MR) is 123 cm³/mol. The number of nitrogens with one attached hydrogen (secondary N) is 2. The molecule has 0 aliphatic carbocycles. The molecule has 0 heterocycles. The third-order valence-corrected chi connectivity index (χ3v) is 5.90. The van der Waals surface area contributed by atoms with Crippen LogP contribution in [0.4, 0.5) is 11.4 Å². The van der Waals surface area contributed by atoms with E-state index < -0.39 is 10.0 Å². The SMILES string of the molecule is Cc1cc(C)cc(NS(=O)(=O)c2ccc(OCC(=O)Nc3ccc(CC#N)cc3)cc2)c1. The van der Waals surface area contributed by atoms with Crippen LogP contribution in [0.3, 0.4) is 0 Å². The number of aryl methyl sites for hydroxylation is 2. The Bertz CT molecular complexity index is 1230. The summed E-state index contributed by atoms with van der Waals surface area (Å²) in [7, 11) is -3.75. The van der Waals surface area contributed by atoms with Gasteiger partial charge in [0.15, 0.2) is 6.61 Å². The van der Waals surface area contributed by atoms with Gasteiger partial charge in [-0.25, -0.2) is 8.42 Å². The highest BCUT2D eigenvalue weighted by atomic mass is 32.2. The summed E-state index contributed by atoms with van der Waals surface area (Å²) < 4.78 is 33.3. The topological polar surface area (TPSA) is 108 Å². The summed E-state index contributed by atoms with van der Waals surface area (Å²) in [6.07, 6.45) is 0.309. The summed E-state index contributed by atoms with van der Waals surface area (Å²) in [6, 6.07) is 20.4. The van der Waals surface area contributed by atoms with E-state index in [1.54, 1.807) is 36.4 Å². The van der Waals surface area contributed by atoms with Gasteiger partial charge in [-0.1, -0.05) is 18.2 Å². The van der Waals surface area contributed by atoms with E-state index in [1.807, 2.05) is 19.9 Å². The van der Waals surface area contributed by atoms with Crippen LogP contribution < -0.4 is 14.8 Å². The molecule has 8 heteroatoms. The quantitative estimate of drug-likeness (QED) is 0.536. The van der Waals surface area contributed by atoms with Crippen LogP contribution >= 0.6 is 0 Å². The molecule has 0 saturated heterocycles. The molecular weight excluding hydrogens is 426 g/mol. The van der Waals surface area contributed by atoms with E-state index in [0.717, 1.165) is 16.7 Å². The zero-order valence-electron chi connectivity index (χ0n) is 17.8. The van der Waals surface area contributed by atoms with Gasteiger partial charge in [0, 0.05) is 11.4 Å². The Morgan fingerprint density at radius 2 is 1.56 bits per heavy atom. The Morgan fingerprint density at radius 3 is 2.16 bits per heavy atom. The van der Waals surface area contributed by atoms with Crippen LogP contribution in [-0.4, -0.2) is 20.9 Å². The molecule has 3 aromatic carbocycles. The van der Waals surface area contributed by atoms with Gasteiger partial charge in [0.2, 0.25) is 0 Å². The molecule has 0 unspecified atom stereocenters. The number of ether oxygens (including phenoxy) is 1. The lowest BCUT2D eigenvalue weighted by atomic mass is 10.1. The van der Waals surface area contributed by atoms with Crippen molar-refractivity contribution < 1.29 is 17.9 Å². The molecule has 0 aliphatic heterocycles. The maximum absolute atomic E-state index is 12.6. The summed E-state index contributed by atoms with van der Waals surface area (Å²) in [4.78, 5) is 12.2. The second-order valence-electron chi connectivity index (χ2n) is 7.32. The number of sulfonamides is 1. The summed E-state index contributed by atoms with van der Waals surface area (Å²) in [5.74, 6) is 0.0149. The van der Waals surface area contributed by atoms with Crippen molar-refractivity contribution in [3.63, 3.8) is 0 Å². The Morgan fingerprint density at radius 1 is 0.938 bits per heavy atom. The number of nitrogens with zero attached hydrogens (tertiary/aromatic N) is 1. The minimum absolute atomic E-state index is 0.0888. The average Bonchev–Trinajstić information content (AvgIpc) is 2.73. The lowest BCUT2D eigenvalue weighted by Gasteiger charge is -2.11. The normalized spacial score (nSPS) is 10.8. The van der Waals surface area contributed by atoms with Gasteiger partial charge >= 0.3 is 0 Å². The zero-order valence-corrected chi connectivity index (χ0v) is 18.6. The van der Waals surface area contributed by atoms with Gasteiger partial charge in [0.1, 0.15) is 5.75 Å². The number of benzene rings is 3. The van der Waals surface area contributed by atoms with Gasteiger partial charge < -0.3 is 10.1 Å². The van der Waals surface area contributed by atoms with Crippen LogP contribution in [0.1, 0.15) is 16.7 Å². The molecule has 164 valence electrons. The van der Waals surface area contributed by atoms with Crippen LogP contribution in [0.5, 0.6) is 5.75 Å². The summed E-state index contributed by atoms with van der Waals surface area (Å²) in [5, 5.41) is 11.4. The second-order valence-corrected chi connectivity index (χ2v) is 9.00. The van der Waals surface area contributed by atoms with Crippen molar-refractivity contribution in [1.29, 1.82) is 5.26 Å². The van der Waals surface area contributed by atoms with Crippen LogP contribution in [0.25, 0.3) is 0 Å².